The molecule has 0 radical (unpaired) electrons. The Morgan fingerprint density at radius 1 is 1.14 bits per heavy atom. The minimum absolute atomic E-state index is 0.0862. The van der Waals surface area contributed by atoms with Crippen molar-refractivity contribution < 1.29 is 18.3 Å². The summed E-state index contributed by atoms with van der Waals surface area (Å²) in [5.41, 5.74) is 7.08. The molecule has 43 heavy (non-hydrogen) atoms. The van der Waals surface area contributed by atoms with Crippen molar-refractivity contribution in [3.63, 3.8) is 0 Å². The van der Waals surface area contributed by atoms with E-state index in [2.05, 4.69) is 19.9 Å². The Hall–Kier alpha value is -3.11. The second-order valence-corrected chi connectivity index (χ2v) is 13.3. The number of pyridine rings is 1. The van der Waals surface area contributed by atoms with Gasteiger partial charge >= 0.3 is 0 Å². The predicted octanol–water partition coefficient (Wildman–Crippen LogP) is 6.38. The third-order valence-corrected chi connectivity index (χ3v) is 10.2. The van der Waals surface area contributed by atoms with Gasteiger partial charge in [0.25, 0.3) is 11.8 Å². The number of piperidine rings is 1. The first-order valence-electron chi connectivity index (χ1n) is 15.8. The Kier molecular flexibility index (Phi) is 8.43. The Morgan fingerprint density at radius 3 is 2.56 bits per heavy atom. The topological polar surface area (TPSA) is 98.3 Å². The molecule has 6 rings (SSSR count). The molecule has 3 fully saturated rings. The summed E-state index contributed by atoms with van der Waals surface area (Å²) >= 11 is 0. The number of amides is 1. The molecule has 2 aromatic heterocycles. The van der Waals surface area contributed by atoms with E-state index in [1.165, 1.54) is 89.9 Å². The molecule has 3 heterocycles. The van der Waals surface area contributed by atoms with Crippen molar-refractivity contribution in [2.45, 2.75) is 76.7 Å². The van der Waals surface area contributed by atoms with Gasteiger partial charge in [0.1, 0.15) is 17.1 Å². The zero-order chi connectivity index (χ0) is 30.2. The average molecular weight is 595 g/mol. The SMILES string of the molecule is COc1cc2nn(C3CCC(CN4CCC5(CC4)CC(CCN)C5)CC3)cc2cc1NC(=O)c1cccc(C(C)(F)F)n1. The Morgan fingerprint density at radius 2 is 1.88 bits per heavy atom. The van der Waals surface area contributed by atoms with Gasteiger partial charge in [-0.15, -0.1) is 0 Å². The number of nitrogens with zero attached hydrogens (tertiary/aromatic N) is 4. The van der Waals surface area contributed by atoms with Crippen LogP contribution in [0, 0.1) is 17.3 Å². The highest BCUT2D eigenvalue weighted by Crippen LogP contribution is 2.53. The van der Waals surface area contributed by atoms with Crippen LogP contribution in [0.4, 0.5) is 14.5 Å². The molecule has 1 saturated heterocycles. The number of aromatic nitrogens is 3. The fraction of sp³-hybridized carbons (Fsp3) is 0.606. The van der Waals surface area contributed by atoms with Crippen LogP contribution in [0.25, 0.3) is 10.9 Å². The molecular weight excluding hydrogens is 550 g/mol. The van der Waals surface area contributed by atoms with E-state index >= 15 is 0 Å². The number of carbonyl (C=O) groups excluding carboxylic acids is 1. The van der Waals surface area contributed by atoms with E-state index in [1.807, 2.05) is 12.3 Å². The van der Waals surface area contributed by atoms with Crippen molar-refractivity contribution in [3.8, 4) is 5.75 Å². The first kappa shape index (κ1) is 29.9. The number of benzene rings is 1. The summed E-state index contributed by atoms with van der Waals surface area (Å²) in [6, 6.07) is 8.00. The normalized spacial score (nSPS) is 22.9. The number of rotatable bonds is 9. The molecule has 232 valence electrons. The van der Waals surface area contributed by atoms with Gasteiger partial charge in [-0.3, -0.25) is 9.48 Å². The van der Waals surface area contributed by atoms with Gasteiger partial charge < -0.3 is 20.7 Å². The third-order valence-electron chi connectivity index (χ3n) is 10.2. The summed E-state index contributed by atoms with van der Waals surface area (Å²) in [7, 11) is 1.53. The molecular formula is C33H44F2N6O2. The fourth-order valence-corrected chi connectivity index (χ4v) is 7.70. The standard InChI is InChI=1S/C33H44F2N6O2/c1-32(34,35)30-5-3-4-26(37-30)31(42)38-28-16-24-21-41(39-27(24)17-29(28)43-2)25-8-6-22(7-9-25)20-40-14-11-33(12-15-40)18-23(19-33)10-13-36/h3-5,16-17,21-23,25H,6-15,18-20,36H2,1-2H3,(H,38,42). The highest BCUT2D eigenvalue weighted by atomic mass is 19.3. The number of carbonyl (C=O) groups is 1. The van der Waals surface area contributed by atoms with Gasteiger partial charge in [-0.25, -0.2) is 4.98 Å². The molecule has 8 nitrogen and oxygen atoms in total. The van der Waals surface area contributed by atoms with Gasteiger partial charge in [-0.05, 0) is 113 Å². The summed E-state index contributed by atoms with van der Waals surface area (Å²) in [6.07, 6.45) is 13.3. The number of fused-ring (bicyclic) bond motifs is 1. The quantitative estimate of drug-likeness (QED) is 0.299. The van der Waals surface area contributed by atoms with E-state index in [0.29, 0.717) is 22.9 Å². The minimum atomic E-state index is -3.14. The van der Waals surface area contributed by atoms with Crippen LogP contribution in [0.5, 0.6) is 5.75 Å². The maximum atomic E-state index is 13.7. The number of halogens is 2. The van der Waals surface area contributed by atoms with Crippen LogP contribution in [0.1, 0.15) is 86.9 Å². The number of nitrogens with one attached hydrogen (secondary N) is 1. The molecule has 2 aliphatic carbocycles. The largest absolute Gasteiger partial charge is 0.494 e. The van der Waals surface area contributed by atoms with E-state index in [0.717, 1.165) is 49.0 Å². The van der Waals surface area contributed by atoms with E-state index in [1.54, 1.807) is 6.07 Å². The number of alkyl halides is 2. The van der Waals surface area contributed by atoms with Crippen molar-refractivity contribution in [1.29, 1.82) is 0 Å². The first-order valence-corrected chi connectivity index (χ1v) is 15.8. The van der Waals surface area contributed by atoms with Crippen LogP contribution in [0.2, 0.25) is 0 Å². The fourth-order valence-electron chi connectivity index (χ4n) is 7.70. The van der Waals surface area contributed by atoms with E-state index in [9.17, 15) is 13.6 Å². The molecule has 10 heteroatoms. The lowest BCUT2D eigenvalue weighted by Crippen LogP contribution is -2.48. The van der Waals surface area contributed by atoms with Gasteiger partial charge in [-0.2, -0.15) is 13.9 Å². The highest BCUT2D eigenvalue weighted by Gasteiger charge is 2.45. The summed E-state index contributed by atoms with van der Waals surface area (Å²) in [5.74, 6) is -1.66. The van der Waals surface area contributed by atoms with Crippen LogP contribution < -0.4 is 15.8 Å². The van der Waals surface area contributed by atoms with Gasteiger partial charge in [0.15, 0.2) is 0 Å². The molecule has 2 saturated carbocycles. The Bertz CT molecular complexity index is 1430. The molecule has 1 aliphatic heterocycles. The zero-order valence-corrected chi connectivity index (χ0v) is 25.3. The van der Waals surface area contributed by atoms with E-state index < -0.39 is 17.5 Å². The lowest BCUT2D eigenvalue weighted by Gasteiger charge is -2.53. The molecule has 0 unspecified atom stereocenters. The monoisotopic (exact) mass is 594 g/mol. The van der Waals surface area contributed by atoms with Gasteiger partial charge in [-0.1, -0.05) is 6.07 Å². The van der Waals surface area contributed by atoms with Gasteiger partial charge in [0, 0.05) is 31.1 Å². The van der Waals surface area contributed by atoms with Crippen molar-refractivity contribution in [2.75, 3.05) is 38.6 Å². The van der Waals surface area contributed by atoms with Gasteiger partial charge in [0.2, 0.25) is 0 Å². The lowest BCUT2D eigenvalue weighted by molar-refractivity contribution is -0.0199. The van der Waals surface area contributed by atoms with Gasteiger partial charge in [0.05, 0.1) is 24.4 Å². The molecule has 0 bridgehead atoms. The summed E-state index contributed by atoms with van der Waals surface area (Å²) in [4.78, 5) is 19.5. The van der Waals surface area contributed by atoms with Crippen LogP contribution >= 0.6 is 0 Å². The highest BCUT2D eigenvalue weighted by molar-refractivity contribution is 6.05. The van der Waals surface area contributed by atoms with Crippen molar-refractivity contribution in [1.82, 2.24) is 19.7 Å². The summed E-state index contributed by atoms with van der Waals surface area (Å²) < 4.78 is 35.1. The molecule has 3 aliphatic rings. The molecule has 1 aromatic carbocycles. The second-order valence-electron chi connectivity index (χ2n) is 13.3. The summed E-state index contributed by atoms with van der Waals surface area (Å²) in [5, 5.41) is 8.53. The number of hydrogen-bond acceptors (Lipinski definition) is 6. The van der Waals surface area contributed by atoms with Crippen molar-refractivity contribution in [2.24, 2.45) is 23.0 Å². The molecule has 1 spiro atoms. The third kappa shape index (κ3) is 6.55. The smallest absolute Gasteiger partial charge is 0.287 e. The van der Waals surface area contributed by atoms with Crippen molar-refractivity contribution >= 4 is 22.5 Å². The number of ether oxygens (including phenoxy) is 1. The predicted molar refractivity (Wildman–Crippen MR) is 164 cm³/mol. The number of methoxy groups -OCH3 is 1. The Balaban J connectivity index is 1.05. The molecule has 1 amide bonds. The average Bonchev–Trinajstić information content (AvgIpc) is 3.40. The van der Waals surface area contributed by atoms with E-state index in [4.69, 9.17) is 15.6 Å². The molecule has 3 aromatic rings. The number of nitrogens with two attached hydrogens (primary N) is 1. The molecule has 3 N–H and O–H groups in total. The lowest BCUT2D eigenvalue weighted by atomic mass is 9.57. The van der Waals surface area contributed by atoms with E-state index in [-0.39, 0.29) is 5.69 Å². The number of anilines is 1. The second kappa shape index (κ2) is 12.1. The van der Waals surface area contributed by atoms with Crippen LogP contribution in [-0.2, 0) is 5.92 Å². The van der Waals surface area contributed by atoms with Crippen LogP contribution in [0.15, 0.2) is 36.5 Å². The minimum Gasteiger partial charge on any atom is -0.494 e. The number of likely N-dealkylation sites (tertiary alicyclic amines) is 1. The number of hydrogen-bond donors (Lipinski definition) is 2. The van der Waals surface area contributed by atoms with Crippen LogP contribution in [0.3, 0.4) is 0 Å². The Labute approximate surface area is 252 Å². The zero-order valence-electron chi connectivity index (χ0n) is 25.3. The first-order chi connectivity index (χ1) is 20.6. The van der Waals surface area contributed by atoms with Crippen molar-refractivity contribution in [3.05, 3.63) is 47.9 Å². The molecule has 0 atom stereocenters. The summed E-state index contributed by atoms with van der Waals surface area (Å²) in [6.45, 7) is 5.29. The maximum Gasteiger partial charge on any atom is 0.287 e. The van der Waals surface area contributed by atoms with Crippen LogP contribution in [-0.4, -0.2) is 58.9 Å². The maximum absolute atomic E-state index is 13.7.